The number of aromatic nitrogens is 2. The third-order valence-electron chi connectivity index (χ3n) is 7.77. The molecule has 2 N–H and O–H groups in total. The highest BCUT2D eigenvalue weighted by molar-refractivity contribution is 6.04. The number of hydrogen-bond donors (Lipinski definition) is 2. The molecule has 3 aromatic rings. The maximum Gasteiger partial charge on any atom is 0.270 e. The fourth-order valence-electron chi connectivity index (χ4n) is 5.74. The van der Waals surface area contributed by atoms with E-state index in [4.69, 9.17) is 4.98 Å². The van der Waals surface area contributed by atoms with Gasteiger partial charge >= 0.3 is 0 Å². The number of fused-ring (bicyclic) bond motifs is 1. The van der Waals surface area contributed by atoms with Gasteiger partial charge in [-0.25, -0.2) is 4.98 Å². The summed E-state index contributed by atoms with van der Waals surface area (Å²) < 4.78 is 2.13. The molecule has 1 aromatic heterocycles. The number of nitro groups is 1. The number of anilines is 2. The van der Waals surface area contributed by atoms with Crippen molar-refractivity contribution in [3.05, 3.63) is 57.6 Å². The third kappa shape index (κ3) is 4.67. The minimum Gasteiger partial charge on any atom is -0.396 e. The van der Waals surface area contributed by atoms with Gasteiger partial charge in [0.1, 0.15) is 0 Å². The van der Waals surface area contributed by atoms with Gasteiger partial charge in [-0.1, -0.05) is 6.07 Å². The molecule has 36 heavy (non-hydrogen) atoms. The van der Waals surface area contributed by atoms with Crippen molar-refractivity contribution in [2.45, 2.75) is 57.9 Å². The minimum atomic E-state index is -0.503. The van der Waals surface area contributed by atoms with Gasteiger partial charge in [-0.3, -0.25) is 20.2 Å². The molecule has 0 unspecified atom stereocenters. The van der Waals surface area contributed by atoms with E-state index >= 15 is 0 Å². The van der Waals surface area contributed by atoms with Crippen molar-refractivity contribution >= 4 is 34.3 Å². The number of carbonyl (C=O) groups is 1. The Morgan fingerprint density at radius 2 is 1.89 bits per heavy atom. The number of nitrogens with zero attached hydrogens (tertiary/aromatic N) is 4. The molecule has 0 bridgehead atoms. The minimum absolute atomic E-state index is 0.125. The number of rotatable bonds is 6. The third-order valence-corrected chi connectivity index (χ3v) is 7.77. The Morgan fingerprint density at radius 1 is 1.14 bits per heavy atom. The lowest BCUT2D eigenvalue weighted by molar-refractivity contribution is -0.384. The normalized spacial score (nSPS) is 20.4. The number of aliphatic hydroxyl groups is 1. The first-order valence-corrected chi connectivity index (χ1v) is 12.9. The van der Waals surface area contributed by atoms with Crippen molar-refractivity contribution in [1.82, 2.24) is 9.55 Å². The summed E-state index contributed by atoms with van der Waals surface area (Å²) in [5.74, 6) is 0.354. The van der Waals surface area contributed by atoms with Crippen LogP contribution in [-0.4, -0.2) is 45.2 Å². The van der Waals surface area contributed by atoms with Crippen molar-refractivity contribution in [2.24, 2.45) is 5.92 Å². The Labute approximate surface area is 210 Å². The van der Waals surface area contributed by atoms with Gasteiger partial charge in [-0.15, -0.1) is 0 Å². The van der Waals surface area contributed by atoms with Crippen molar-refractivity contribution in [3.8, 4) is 0 Å². The molecule has 1 saturated heterocycles. The number of carbonyl (C=O) groups excluding carboxylic acids is 1. The summed E-state index contributed by atoms with van der Waals surface area (Å²) in [6.07, 6.45) is 7.26. The molecule has 2 aliphatic rings. The number of piperidine rings is 1. The predicted octanol–water partition coefficient (Wildman–Crippen LogP) is 5.22. The highest BCUT2D eigenvalue weighted by Crippen LogP contribution is 2.39. The van der Waals surface area contributed by atoms with E-state index in [2.05, 4.69) is 33.8 Å². The summed E-state index contributed by atoms with van der Waals surface area (Å²) in [6, 6.07) is 10.2. The van der Waals surface area contributed by atoms with Crippen LogP contribution in [0.3, 0.4) is 0 Å². The molecule has 1 amide bonds. The zero-order valence-corrected chi connectivity index (χ0v) is 20.7. The number of benzene rings is 2. The summed E-state index contributed by atoms with van der Waals surface area (Å²) in [5.41, 5.74) is 4.24. The molecule has 1 aliphatic heterocycles. The molecule has 0 spiro atoms. The summed E-state index contributed by atoms with van der Waals surface area (Å²) in [6.45, 7) is 4.37. The Bertz CT molecular complexity index is 1270. The number of hydrogen-bond acceptors (Lipinski definition) is 6. The summed E-state index contributed by atoms with van der Waals surface area (Å²) in [5, 5.41) is 23.8. The highest BCUT2D eigenvalue weighted by Gasteiger charge is 2.28. The average Bonchev–Trinajstić information content (AvgIpc) is 3.28. The Morgan fingerprint density at radius 3 is 2.58 bits per heavy atom. The number of aryl methyl sites for hydroxylation is 1. The molecule has 2 aromatic carbocycles. The number of imidazole rings is 1. The first-order chi connectivity index (χ1) is 17.5. The molecule has 0 radical (unpaired) electrons. The van der Waals surface area contributed by atoms with Crippen LogP contribution >= 0.6 is 0 Å². The fraction of sp³-hybridized carbons (Fsp3) is 0.481. The van der Waals surface area contributed by atoms with Crippen molar-refractivity contribution in [3.63, 3.8) is 0 Å². The quantitative estimate of drug-likeness (QED) is 0.361. The summed E-state index contributed by atoms with van der Waals surface area (Å²) in [4.78, 5) is 31.2. The lowest BCUT2D eigenvalue weighted by atomic mass is 9.86. The van der Waals surface area contributed by atoms with Crippen LogP contribution in [0, 0.1) is 23.0 Å². The largest absolute Gasteiger partial charge is 0.396 e. The van der Waals surface area contributed by atoms with Gasteiger partial charge in [0.05, 0.1) is 16.0 Å². The lowest BCUT2D eigenvalue weighted by Crippen LogP contribution is -2.29. The van der Waals surface area contributed by atoms with Crippen molar-refractivity contribution < 1.29 is 14.8 Å². The molecule has 1 saturated carbocycles. The van der Waals surface area contributed by atoms with Crippen LogP contribution < -0.4 is 10.2 Å². The zero-order chi connectivity index (χ0) is 25.2. The second-order valence-electron chi connectivity index (χ2n) is 10.0. The van der Waals surface area contributed by atoms with Gasteiger partial charge in [-0.2, -0.15) is 0 Å². The molecule has 0 atom stereocenters. The monoisotopic (exact) mass is 491 g/mol. The number of nitro benzene ring substituents is 1. The number of aliphatic hydroxyl groups excluding tert-OH is 1. The summed E-state index contributed by atoms with van der Waals surface area (Å²) in [7, 11) is 0. The molecule has 5 rings (SSSR count). The van der Waals surface area contributed by atoms with Gasteiger partial charge in [0, 0.05) is 54.7 Å². The predicted molar refractivity (Wildman–Crippen MR) is 140 cm³/mol. The first-order valence-electron chi connectivity index (χ1n) is 12.9. The van der Waals surface area contributed by atoms with Crippen LogP contribution in [0.15, 0.2) is 36.4 Å². The van der Waals surface area contributed by atoms with E-state index in [1.165, 1.54) is 43.1 Å². The molecule has 2 fully saturated rings. The Balaban J connectivity index is 1.54. The molecular formula is C27H33N5O4. The van der Waals surface area contributed by atoms with Crippen molar-refractivity contribution in [1.29, 1.82) is 0 Å². The Hall–Kier alpha value is -3.46. The van der Waals surface area contributed by atoms with E-state index in [-0.39, 0.29) is 23.9 Å². The second kappa shape index (κ2) is 10.3. The van der Waals surface area contributed by atoms with Crippen LogP contribution in [0.4, 0.5) is 17.3 Å². The van der Waals surface area contributed by atoms with E-state index < -0.39 is 10.8 Å². The fourth-order valence-corrected chi connectivity index (χ4v) is 5.74. The molecular weight excluding hydrogens is 458 g/mol. The number of amides is 1. The molecule has 2 heterocycles. The van der Waals surface area contributed by atoms with Gasteiger partial charge in [0.2, 0.25) is 5.95 Å². The van der Waals surface area contributed by atoms with Gasteiger partial charge < -0.3 is 14.6 Å². The van der Waals surface area contributed by atoms with Crippen LogP contribution in [0.25, 0.3) is 11.0 Å². The molecule has 1 aliphatic carbocycles. The molecule has 9 heteroatoms. The highest BCUT2D eigenvalue weighted by atomic mass is 16.6. The SMILES string of the molecule is Cc1c(N2CCCCC2)ccc2c1nc(NC(=O)c1cccc([N+](=O)[O-])c1)n2C1CCC(CO)CC1. The van der Waals surface area contributed by atoms with Gasteiger partial charge in [0.15, 0.2) is 0 Å². The average molecular weight is 492 g/mol. The van der Waals surface area contributed by atoms with E-state index in [0.717, 1.165) is 55.4 Å². The second-order valence-corrected chi connectivity index (χ2v) is 10.0. The van der Waals surface area contributed by atoms with Crippen LogP contribution in [0.5, 0.6) is 0 Å². The smallest absolute Gasteiger partial charge is 0.270 e. The van der Waals surface area contributed by atoms with E-state index in [1.807, 2.05) is 0 Å². The van der Waals surface area contributed by atoms with Crippen LogP contribution in [0.1, 0.15) is 66.9 Å². The number of non-ortho nitro benzene ring substituents is 1. The lowest BCUT2D eigenvalue weighted by Gasteiger charge is -2.31. The first kappa shape index (κ1) is 24.2. The van der Waals surface area contributed by atoms with Crippen LogP contribution in [0.2, 0.25) is 0 Å². The number of nitrogens with one attached hydrogen (secondary N) is 1. The summed E-state index contributed by atoms with van der Waals surface area (Å²) >= 11 is 0. The van der Waals surface area contributed by atoms with Crippen LogP contribution in [-0.2, 0) is 0 Å². The van der Waals surface area contributed by atoms with Gasteiger partial charge in [0.25, 0.3) is 11.6 Å². The maximum atomic E-state index is 13.2. The molecule has 190 valence electrons. The van der Waals surface area contributed by atoms with E-state index in [1.54, 1.807) is 6.07 Å². The zero-order valence-electron chi connectivity index (χ0n) is 20.7. The topological polar surface area (TPSA) is 114 Å². The van der Waals surface area contributed by atoms with E-state index in [0.29, 0.717) is 11.9 Å². The van der Waals surface area contributed by atoms with Gasteiger partial charge in [-0.05, 0) is 76.0 Å². The maximum absolute atomic E-state index is 13.2. The Kier molecular flexibility index (Phi) is 6.91. The molecule has 9 nitrogen and oxygen atoms in total. The van der Waals surface area contributed by atoms with Crippen molar-refractivity contribution in [2.75, 3.05) is 29.9 Å². The van der Waals surface area contributed by atoms with E-state index in [9.17, 15) is 20.0 Å². The standard InChI is InChI=1S/C27H33N5O4/c1-18-23(30-14-3-2-4-15-30)12-13-24-25(18)28-27(31(24)21-10-8-19(17-33)9-11-21)29-26(34)20-6-5-7-22(16-20)32(35)36/h5-7,12-13,16,19,21,33H,2-4,8-11,14-15,17H2,1H3,(H,28,29,34).